The van der Waals surface area contributed by atoms with Crippen LogP contribution in [0.25, 0.3) is 0 Å². The van der Waals surface area contributed by atoms with Gasteiger partial charge in [-0.25, -0.2) is 0 Å². The number of carbonyl (C=O) groups is 3. The van der Waals surface area contributed by atoms with E-state index in [9.17, 15) is 19.5 Å². The van der Waals surface area contributed by atoms with Gasteiger partial charge in [0, 0.05) is 25.4 Å². The average molecular weight is 487 g/mol. The molecule has 4 rings (SSSR count). The van der Waals surface area contributed by atoms with E-state index in [4.69, 9.17) is 14.2 Å². The average Bonchev–Trinajstić information content (AvgIpc) is 3.50. The normalized spacial score (nSPS) is 28.7. The van der Waals surface area contributed by atoms with Crippen LogP contribution in [-0.2, 0) is 23.9 Å². The smallest absolute Gasteiger partial charge is 0.312 e. The van der Waals surface area contributed by atoms with Gasteiger partial charge in [-0.1, -0.05) is 6.08 Å². The Hall–Kier alpha value is -2.91. The molecule has 3 aliphatic rings. The van der Waals surface area contributed by atoms with Crippen molar-refractivity contribution in [2.75, 3.05) is 38.3 Å². The minimum absolute atomic E-state index is 0.00627. The Morgan fingerprint density at radius 1 is 1.31 bits per heavy atom. The number of esters is 1. The van der Waals surface area contributed by atoms with Crippen LogP contribution in [0, 0.1) is 11.8 Å². The summed E-state index contributed by atoms with van der Waals surface area (Å²) in [7, 11) is 1.57. The SMILES string of the molecule is C=CCN(C(=O)[C@@H]1N(CCCCO)C(=O)[C@H]2[C@H](C(=O)OCC)[C@@H]3CC[C@]12O3)c1ccc(OC)cc1. The Kier molecular flexibility index (Phi) is 7.47. The van der Waals surface area contributed by atoms with Crippen molar-refractivity contribution in [3.8, 4) is 5.75 Å². The number of aliphatic hydroxyl groups excluding tert-OH is 1. The molecule has 3 heterocycles. The van der Waals surface area contributed by atoms with Crippen molar-refractivity contribution < 1.29 is 33.7 Å². The van der Waals surface area contributed by atoms with Crippen LogP contribution in [0.2, 0.25) is 0 Å². The van der Waals surface area contributed by atoms with E-state index in [-0.39, 0.29) is 31.6 Å². The van der Waals surface area contributed by atoms with E-state index in [2.05, 4.69) is 6.58 Å². The molecule has 0 aromatic heterocycles. The third-order valence-electron chi connectivity index (χ3n) is 7.36. The standard InChI is InChI=1S/C26H34N2O7/c1-4-14-27(17-8-10-18(33-3)11-9-17)24(31)22-26-13-12-19(35-26)20(25(32)34-5-2)21(26)23(30)28(22)15-6-7-16-29/h4,8-11,19-22,29H,1,5-7,12-16H2,2-3H3/t19-,20+,21+,22-,26+/m0/s1. The molecule has 0 unspecified atom stereocenters. The van der Waals surface area contributed by atoms with Crippen LogP contribution in [0.4, 0.5) is 5.69 Å². The summed E-state index contributed by atoms with van der Waals surface area (Å²) in [5, 5.41) is 9.28. The zero-order chi connectivity index (χ0) is 25.2. The number of aliphatic hydroxyl groups is 1. The summed E-state index contributed by atoms with van der Waals surface area (Å²) in [6.07, 6.45) is 3.34. The highest BCUT2D eigenvalue weighted by molar-refractivity contribution is 6.04. The topological polar surface area (TPSA) is 106 Å². The minimum Gasteiger partial charge on any atom is -0.497 e. The van der Waals surface area contributed by atoms with E-state index in [1.165, 1.54) is 0 Å². The summed E-state index contributed by atoms with van der Waals surface area (Å²) in [6.45, 7) is 6.28. The fraction of sp³-hybridized carbons (Fsp3) is 0.577. The lowest BCUT2D eigenvalue weighted by molar-refractivity contribution is -0.154. The largest absolute Gasteiger partial charge is 0.497 e. The van der Waals surface area contributed by atoms with Crippen molar-refractivity contribution in [1.29, 1.82) is 0 Å². The molecule has 5 atom stereocenters. The lowest BCUT2D eigenvalue weighted by Crippen LogP contribution is -2.56. The molecule has 3 saturated heterocycles. The molecule has 9 nitrogen and oxygen atoms in total. The van der Waals surface area contributed by atoms with E-state index in [0.29, 0.717) is 43.7 Å². The summed E-state index contributed by atoms with van der Waals surface area (Å²) >= 11 is 0. The monoisotopic (exact) mass is 486 g/mol. The molecule has 0 saturated carbocycles. The molecule has 1 aromatic rings. The molecule has 9 heteroatoms. The van der Waals surface area contributed by atoms with Crippen LogP contribution in [-0.4, -0.2) is 79.0 Å². The number of likely N-dealkylation sites (tertiary alicyclic amines) is 1. The van der Waals surface area contributed by atoms with E-state index in [1.807, 2.05) is 0 Å². The number of hydrogen-bond acceptors (Lipinski definition) is 7. The number of amides is 2. The second kappa shape index (κ2) is 10.4. The Balaban J connectivity index is 1.73. The zero-order valence-corrected chi connectivity index (χ0v) is 20.4. The maximum atomic E-state index is 14.2. The lowest BCUT2D eigenvalue weighted by atomic mass is 9.70. The van der Waals surface area contributed by atoms with Gasteiger partial charge in [-0.3, -0.25) is 14.4 Å². The van der Waals surface area contributed by atoms with Crippen LogP contribution in [0.3, 0.4) is 0 Å². The molecular formula is C26H34N2O7. The number of benzene rings is 1. The molecule has 1 aromatic carbocycles. The zero-order valence-electron chi connectivity index (χ0n) is 20.4. The molecule has 190 valence electrons. The number of hydrogen-bond donors (Lipinski definition) is 1. The predicted octanol–water partition coefficient (Wildman–Crippen LogP) is 1.92. The van der Waals surface area contributed by atoms with Gasteiger partial charge in [-0.15, -0.1) is 6.58 Å². The summed E-state index contributed by atoms with van der Waals surface area (Å²) in [5.74, 6) is -1.79. The molecule has 2 amide bonds. The third-order valence-corrected chi connectivity index (χ3v) is 7.36. The second-order valence-electron chi connectivity index (χ2n) is 9.21. The van der Waals surface area contributed by atoms with Crippen LogP contribution in [0.5, 0.6) is 5.75 Å². The van der Waals surface area contributed by atoms with Gasteiger partial charge >= 0.3 is 5.97 Å². The molecular weight excluding hydrogens is 452 g/mol. The number of anilines is 1. The summed E-state index contributed by atoms with van der Waals surface area (Å²) in [6, 6.07) is 6.23. The van der Waals surface area contributed by atoms with Gasteiger partial charge < -0.3 is 29.1 Å². The van der Waals surface area contributed by atoms with Gasteiger partial charge in [0.25, 0.3) is 5.91 Å². The fourth-order valence-corrected chi connectivity index (χ4v) is 5.93. The van der Waals surface area contributed by atoms with Crippen molar-refractivity contribution >= 4 is 23.5 Å². The second-order valence-corrected chi connectivity index (χ2v) is 9.21. The van der Waals surface area contributed by atoms with Crippen LogP contribution in [0.1, 0.15) is 32.6 Å². The first-order valence-electron chi connectivity index (χ1n) is 12.3. The fourth-order valence-electron chi connectivity index (χ4n) is 5.93. The minimum atomic E-state index is -1.08. The van der Waals surface area contributed by atoms with Gasteiger partial charge in [0.2, 0.25) is 5.91 Å². The van der Waals surface area contributed by atoms with Gasteiger partial charge in [-0.05, 0) is 56.9 Å². The van der Waals surface area contributed by atoms with Gasteiger partial charge in [-0.2, -0.15) is 0 Å². The lowest BCUT2D eigenvalue weighted by Gasteiger charge is -2.36. The van der Waals surface area contributed by atoms with Crippen LogP contribution < -0.4 is 9.64 Å². The first-order chi connectivity index (χ1) is 16.9. The van der Waals surface area contributed by atoms with E-state index in [1.54, 1.807) is 54.2 Å². The molecule has 3 fully saturated rings. The number of nitrogens with zero attached hydrogens (tertiary/aromatic N) is 2. The number of fused-ring (bicyclic) bond motifs is 1. The predicted molar refractivity (Wildman–Crippen MR) is 128 cm³/mol. The molecule has 35 heavy (non-hydrogen) atoms. The Morgan fingerprint density at radius 2 is 2.06 bits per heavy atom. The maximum Gasteiger partial charge on any atom is 0.312 e. The molecule has 0 radical (unpaired) electrons. The third kappa shape index (κ3) is 4.21. The Morgan fingerprint density at radius 3 is 2.69 bits per heavy atom. The Labute approximate surface area is 205 Å². The van der Waals surface area contributed by atoms with Crippen molar-refractivity contribution in [2.24, 2.45) is 11.8 Å². The van der Waals surface area contributed by atoms with Crippen molar-refractivity contribution in [2.45, 2.75) is 50.4 Å². The van der Waals surface area contributed by atoms with Gasteiger partial charge in [0.05, 0.1) is 31.7 Å². The van der Waals surface area contributed by atoms with Crippen molar-refractivity contribution in [1.82, 2.24) is 4.90 Å². The van der Waals surface area contributed by atoms with Crippen molar-refractivity contribution in [3.63, 3.8) is 0 Å². The quantitative estimate of drug-likeness (QED) is 0.289. The summed E-state index contributed by atoms with van der Waals surface area (Å²) < 4.78 is 16.9. The molecule has 1 N–H and O–H groups in total. The Bertz CT molecular complexity index is 965. The molecule has 2 bridgehead atoms. The number of ether oxygens (including phenoxy) is 3. The number of rotatable bonds is 11. The number of unbranched alkanes of at least 4 members (excludes halogenated alkanes) is 1. The van der Waals surface area contributed by atoms with E-state index < -0.39 is 35.6 Å². The molecule has 3 aliphatic heterocycles. The first-order valence-corrected chi connectivity index (χ1v) is 12.3. The van der Waals surface area contributed by atoms with Gasteiger partial charge in [0.15, 0.2) is 0 Å². The molecule has 1 spiro atoms. The van der Waals surface area contributed by atoms with E-state index in [0.717, 1.165) is 0 Å². The summed E-state index contributed by atoms with van der Waals surface area (Å²) in [5.41, 5.74) is -0.436. The number of methoxy groups -OCH3 is 1. The highest BCUT2D eigenvalue weighted by Crippen LogP contribution is 2.59. The van der Waals surface area contributed by atoms with Crippen LogP contribution >= 0.6 is 0 Å². The molecule has 0 aliphatic carbocycles. The summed E-state index contributed by atoms with van der Waals surface area (Å²) in [4.78, 5) is 44.0. The van der Waals surface area contributed by atoms with Crippen molar-refractivity contribution in [3.05, 3.63) is 36.9 Å². The maximum absolute atomic E-state index is 14.2. The highest BCUT2D eigenvalue weighted by atomic mass is 16.6. The van der Waals surface area contributed by atoms with E-state index >= 15 is 0 Å². The van der Waals surface area contributed by atoms with Gasteiger partial charge in [0.1, 0.15) is 17.4 Å². The number of carbonyl (C=O) groups excluding carboxylic acids is 3. The van der Waals surface area contributed by atoms with Crippen LogP contribution in [0.15, 0.2) is 36.9 Å². The highest BCUT2D eigenvalue weighted by Gasteiger charge is 2.75. The first kappa shape index (κ1) is 25.2.